The number of nitrogens with zero attached hydrogens (tertiary/aromatic N) is 2. The van der Waals surface area contributed by atoms with Gasteiger partial charge in [-0.05, 0) is 30.3 Å². The van der Waals surface area contributed by atoms with Crippen molar-refractivity contribution in [3.63, 3.8) is 0 Å². The molecule has 2 aromatic rings. The fraction of sp³-hybridized carbons (Fsp3) is 0.300. The number of fused-ring (bicyclic) bond motifs is 1. The minimum Gasteiger partial charge on any atom is -0.495 e. The Bertz CT molecular complexity index is 1270. The first-order chi connectivity index (χ1) is 15.1. The second-order valence-electron chi connectivity index (χ2n) is 6.81. The van der Waals surface area contributed by atoms with Crippen molar-refractivity contribution < 1.29 is 31.2 Å². The molecule has 0 saturated carbocycles. The Kier molecular flexibility index (Phi) is 6.58. The van der Waals surface area contributed by atoms with E-state index < -0.39 is 38.4 Å². The molecule has 12 heteroatoms. The maximum Gasteiger partial charge on any atom is 0.269 e. The number of methoxy groups -OCH3 is 1. The van der Waals surface area contributed by atoms with E-state index in [9.17, 15) is 26.4 Å². The molecule has 0 aromatic heterocycles. The average molecular weight is 482 g/mol. The molecule has 32 heavy (non-hydrogen) atoms. The van der Waals surface area contributed by atoms with Crippen LogP contribution in [-0.2, 0) is 24.8 Å². The molecular weight excluding hydrogens is 458 g/mol. The number of nitrogens with one attached hydrogen (secondary N) is 1. The molecule has 0 fully saturated rings. The van der Waals surface area contributed by atoms with Crippen LogP contribution >= 0.6 is 0 Å². The third-order valence-electron chi connectivity index (χ3n) is 4.99. The van der Waals surface area contributed by atoms with Crippen molar-refractivity contribution in [3.8, 4) is 5.75 Å². The summed E-state index contributed by atoms with van der Waals surface area (Å²) in [6.07, 6.45) is 0. The van der Waals surface area contributed by atoms with E-state index in [0.717, 1.165) is 0 Å². The summed E-state index contributed by atoms with van der Waals surface area (Å²) in [5, 5.41) is 2.46. The summed E-state index contributed by atoms with van der Waals surface area (Å²) in [5.74, 6) is -1.46. The highest BCUT2D eigenvalue weighted by atomic mass is 32.2. The molecule has 3 rings (SSSR count). The lowest BCUT2D eigenvalue weighted by atomic mass is 10.2. The van der Waals surface area contributed by atoms with Crippen LogP contribution in [0.2, 0.25) is 0 Å². The third kappa shape index (κ3) is 4.08. The largest absolute Gasteiger partial charge is 0.495 e. The van der Waals surface area contributed by atoms with Crippen molar-refractivity contribution in [2.75, 3.05) is 32.1 Å². The minimum atomic E-state index is -4.16. The van der Waals surface area contributed by atoms with Gasteiger partial charge in [-0.2, -0.15) is 4.31 Å². The van der Waals surface area contributed by atoms with Gasteiger partial charge >= 0.3 is 0 Å². The molecule has 0 aliphatic carbocycles. The minimum absolute atomic E-state index is 0.00908. The molecule has 1 N–H and O–H groups in total. The van der Waals surface area contributed by atoms with Gasteiger partial charge in [0.05, 0.1) is 23.3 Å². The number of hydrogen-bond acceptors (Lipinski definition) is 7. The Morgan fingerprint density at radius 3 is 2.38 bits per heavy atom. The maximum absolute atomic E-state index is 12.8. The van der Waals surface area contributed by atoms with Gasteiger partial charge in [0.1, 0.15) is 17.2 Å². The van der Waals surface area contributed by atoms with Gasteiger partial charge in [-0.25, -0.2) is 21.1 Å². The maximum atomic E-state index is 12.8. The predicted octanol–water partition coefficient (Wildman–Crippen LogP) is 1.51. The smallest absolute Gasteiger partial charge is 0.269 e. The van der Waals surface area contributed by atoms with Crippen LogP contribution in [0.25, 0.3) is 0 Å². The highest BCUT2D eigenvalue weighted by Crippen LogP contribution is 2.31. The van der Waals surface area contributed by atoms with E-state index in [-0.39, 0.29) is 39.9 Å². The van der Waals surface area contributed by atoms with E-state index in [2.05, 4.69) is 5.32 Å². The SMILES string of the molecule is CCN(CC)S(=O)(=O)c1ccc(OC)c(NC(=O)CN2C(=O)c3ccccc3S2(=O)=O)c1. The molecule has 0 atom stereocenters. The van der Waals surface area contributed by atoms with E-state index in [4.69, 9.17) is 4.74 Å². The lowest BCUT2D eigenvalue weighted by Crippen LogP contribution is -2.37. The molecule has 2 aromatic carbocycles. The number of carbonyl (C=O) groups excluding carboxylic acids is 2. The number of rotatable bonds is 8. The van der Waals surface area contributed by atoms with Crippen LogP contribution in [0, 0.1) is 0 Å². The average Bonchev–Trinajstić information content (AvgIpc) is 2.95. The molecule has 0 bridgehead atoms. The Morgan fingerprint density at radius 2 is 1.78 bits per heavy atom. The lowest BCUT2D eigenvalue weighted by molar-refractivity contribution is -0.116. The number of carbonyl (C=O) groups is 2. The van der Waals surface area contributed by atoms with Gasteiger partial charge in [-0.1, -0.05) is 26.0 Å². The van der Waals surface area contributed by atoms with Gasteiger partial charge in [0.15, 0.2) is 0 Å². The normalized spacial score (nSPS) is 15.0. The molecule has 10 nitrogen and oxygen atoms in total. The summed E-state index contributed by atoms with van der Waals surface area (Å²) in [5.41, 5.74) is 0.0254. The van der Waals surface area contributed by atoms with Gasteiger partial charge in [-0.15, -0.1) is 0 Å². The topological polar surface area (TPSA) is 130 Å². The van der Waals surface area contributed by atoms with Gasteiger partial charge in [-0.3, -0.25) is 9.59 Å². The zero-order valence-corrected chi connectivity index (χ0v) is 19.4. The first-order valence-electron chi connectivity index (χ1n) is 9.72. The molecule has 0 spiro atoms. The van der Waals surface area contributed by atoms with Crippen LogP contribution in [0.5, 0.6) is 5.75 Å². The first kappa shape index (κ1) is 23.7. The molecule has 0 saturated heterocycles. The summed E-state index contributed by atoms with van der Waals surface area (Å²) < 4.78 is 57.8. The van der Waals surface area contributed by atoms with Crippen molar-refractivity contribution in [3.05, 3.63) is 48.0 Å². The van der Waals surface area contributed by atoms with E-state index in [0.29, 0.717) is 4.31 Å². The van der Waals surface area contributed by atoms with Crippen LogP contribution in [0.3, 0.4) is 0 Å². The van der Waals surface area contributed by atoms with Crippen LogP contribution in [0.1, 0.15) is 24.2 Å². The number of anilines is 1. The third-order valence-corrected chi connectivity index (χ3v) is 8.82. The highest BCUT2D eigenvalue weighted by molar-refractivity contribution is 7.90. The Labute approximate surface area is 186 Å². The van der Waals surface area contributed by atoms with E-state index in [1.54, 1.807) is 13.8 Å². The van der Waals surface area contributed by atoms with Crippen LogP contribution in [0.15, 0.2) is 52.3 Å². The number of benzene rings is 2. The molecular formula is C20H23N3O7S2. The van der Waals surface area contributed by atoms with Gasteiger partial charge in [0, 0.05) is 13.1 Å². The van der Waals surface area contributed by atoms with Crippen LogP contribution in [-0.4, -0.2) is 64.0 Å². The summed E-state index contributed by atoms with van der Waals surface area (Å²) in [6, 6.07) is 9.66. The Morgan fingerprint density at radius 1 is 1.12 bits per heavy atom. The van der Waals surface area contributed by atoms with Gasteiger partial charge in [0.25, 0.3) is 15.9 Å². The summed E-state index contributed by atoms with van der Waals surface area (Å²) >= 11 is 0. The molecule has 1 aliphatic rings. The van der Waals surface area contributed by atoms with E-state index >= 15 is 0 Å². The summed E-state index contributed by atoms with van der Waals surface area (Å²) in [4.78, 5) is 24.9. The second-order valence-corrected chi connectivity index (χ2v) is 10.6. The molecule has 1 heterocycles. The van der Waals surface area contributed by atoms with Gasteiger partial charge in [0.2, 0.25) is 15.9 Å². The fourth-order valence-electron chi connectivity index (χ4n) is 3.37. The lowest BCUT2D eigenvalue weighted by Gasteiger charge is -2.20. The Balaban J connectivity index is 1.88. The summed E-state index contributed by atoms with van der Waals surface area (Å²) in [6.45, 7) is 3.17. The van der Waals surface area contributed by atoms with Crippen LogP contribution in [0.4, 0.5) is 5.69 Å². The molecule has 0 unspecified atom stereocenters. The quantitative estimate of drug-likeness (QED) is 0.605. The Hall–Kier alpha value is -2.96. The molecule has 1 aliphatic heterocycles. The zero-order valence-electron chi connectivity index (χ0n) is 17.7. The number of hydrogen-bond donors (Lipinski definition) is 1. The fourth-order valence-corrected chi connectivity index (χ4v) is 6.38. The molecule has 0 radical (unpaired) electrons. The molecule has 2 amide bonds. The highest BCUT2D eigenvalue weighted by Gasteiger charge is 2.41. The number of ether oxygens (including phenoxy) is 1. The number of sulfonamides is 2. The van der Waals surface area contributed by atoms with E-state index in [1.165, 1.54) is 53.9 Å². The van der Waals surface area contributed by atoms with Crippen molar-refractivity contribution >= 4 is 37.5 Å². The zero-order chi connectivity index (χ0) is 23.7. The van der Waals surface area contributed by atoms with E-state index in [1.807, 2.05) is 0 Å². The van der Waals surface area contributed by atoms with Crippen molar-refractivity contribution in [2.24, 2.45) is 0 Å². The standard InChI is InChI=1S/C20H23N3O7S2/c1-4-22(5-2)31(26,27)14-10-11-17(30-3)16(12-14)21-19(24)13-23-20(25)15-8-6-7-9-18(15)32(23,28)29/h6-12H,4-5,13H2,1-3H3,(H,21,24). The van der Waals surface area contributed by atoms with Crippen LogP contribution < -0.4 is 10.1 Å². The molecule has 172 valence electrons. The monoisotopic (exact) mass is 481 g/mol. The second kappa shape index (κ2) is 8.88. The predicted molar refractivity (Wildman–Crippen MR) is 116 cm³/mol. The first-order valence-corrected chi connectivity index (χ1v) is 12.6. The van der Waals surface area contributed by atoms with Gasteiger partial charge < -0.3 is 10.1 Å². The van der Waals surface area contributed by atoms with Crippen molar-refractivity contribution in [2.45, 2.75) is 23.6 Å². The van der Waals surface area contributed by atoms with Crippen molar-refractivity contribution in [1.82, 2.24) is 8.61 Å². The number of amides is 2. The van der Waals surface area contributed by atoms with Crippen molar-refractivity contribution in [1.29, 1.82) is 0 Å². The summed E-state index contributed by atoms with van der Waals surface area (Å²) in [7, 11) is -6.62.